The first-order valence-corrected chi connectivity index (χ1v) is 10.3. The number of rotatable bonds is 8. The Morgan fingerprint density at radius 1 is 1.27 bits per heavy atom. The Bertz CT molecular complexity index is 842. The number of halogens is 2. The average Bonchev–Trinajstić information content (AvgIpc) is 2.71. The molecule has 30 heavy (non-hydrogen) atoms. The van der Waals surface area contributed by atoms with Crippen LogP contribution in [0.2, 0.25) is 5.02 Å². The number of ether oxygens (including phenoxy) is 2. The zero-order valence-electron chi connectivity index (χ0n) is 16.8. The molecular weight excluding hydrogens is 411 g/mol. The van der Waals surface area contributed by atoms with E-state index in [2.05, 4.69) is 10.2 Å². The number of benzene rings is 2. The molecule has 1 amide bonds. The second-order valence-corrected chi connectivity index (χ2v) is 7.79. The lowest BCUT2D eigenvalue weighted by Crippen LogP contribution is -2.43. The molecule has 1 fully saturated rings. The minimum Gasteiger partial charge on any atom is -0.490 e. The molecule has 0 radical (unpaired) electrons. The molecular formula is C22H26ClFN2O4. The van der Waals surface area contributed by atoms with Crippen molar-refractivity contribution in [2.75, 3.05) is 31.6 Å². The number of carbonyl (C=O) groups is 1. The first-order valence-electron chi connectivity index (χ1n) is 9.91. The van der Waals surface area contributed by atoms with Crippen molar-refractivity contribution in [3.8, 4) is 11.5 Å². The molecule has 0 saturated carbocycles. The predicted molar refractivity (Wildman–Crippen MR) is 114 cm³/mol. The molecule has 1 unspecified atom stereocenters. The molecule has 2 aromatic carbocycles. The van der Waals surface area contributed by atoms with Crippen LogP contribution in [0.15, 0.2) is 42.5 Å². The summed E-state index contributed by atoms with van der Waals surface area (Å²) in [5, 5.41) is 13.6. The fourth-order valence-electron chi connectivity index (χ4n) is 3.36. The van der Waals surface area contributed by atoms with E-state index in [4.69, 9.17) is 21.1 Å². The number of hydrogen-bond donors (Lipinski definition) is 2. The Morgan fingerprint density at radius 3 is 2.63 bits per heavy atom. The maximum Gasteiger partial charge on any atom is 0.221 e. The van der Waals surface area contributed by atoms with E-state index in [-0.39, 0.29) is 24.4 Å². The lowest BCUT2D eigenvalue weighted by atomic mass is 10.1. The Labute approximate surface area is 180 Å². The molecule has 162 valence electrons. The van der Waals surface area contributed by atoms with Gasteiger partial charge in [-0.15, -0.1) is 0 Å². The zero-order valence-corrected chi connectivity index (χ0v) is 17.6. The van der Waals surface area contributed by atoms with Crippen molar-refractivity contribution in [1.82, 2.24) is 4.90 Å². The quantitative estimate of drug-likeness (QED) is 0.660. The first kappa shape index (κ1) is 22.3. The predicted octanol–water partition coefficient (Wildman–Crippen LogP) is 3.72. The molecule has 2 N–H and O–H groups in total. The van der Waals surface area contributed by atoms with Gasteiger partial charge in [0.1, 0.15) is 36.1 Å². The Balaban J connectivity index is 1.43. The summed E-state index contributed by atoms with van der Waals surface area (Å²) >= 11 is 5.89. The summed E-state index contributed by atoms with van der Waals surface area (Å²) in [7, 11) is 0. The first-order chi connectivity index (χ1) is 14.4. The van der Waals surface area contributed by atoms with Crippen molar-refractivity contribution >= 4 is 23.2 Å². The van der Waals surface area contributed by atoms with Crippen LogP contribution in [0, 0.1) is 5.82 Å². The second-order valence-electron chi connectivity index (χ2n) is 7.36. The summed E-state index contributed by atoms with van der Waals surface area (Å²) in [6, 6.07) is 11.2. The number of piperidine rings is 1. The maximum atomic E-state index is 13.5. The van der Waals surface area contributed by atoms with Crippen LogP contribution in [0.1, 0.15) is 19.8 Å². The second kappa shape index (κ2) is 10.6. The number of nitrogens with one attached hydrogen (secondary N) is 1. The van der Waals surface area contributed by atoms with Crippen LogP contribution in [-0.4, -0.2) is 54.4 Å². The van der Waals surface area contributed by atoms with Crippen LogP contribution in [0.4, 0.5) is 10.1 Å². The highest BCUT2D eigenvalue weighted by atomic mass is 35.5. The topological polar surface area (TPSA) is 71.0 Å². The number of likely N-dealkylation sites (tertiary alicyclic amines) is 1. The van der Waals surface area contributed by atoms with Gasteiger partial charge in [-0.05, 0) is 49.2 Å². The van der Waals surface area contributed by atoms with E-state index in [1.807, 2.05) is 12.1 Å². The molecule has 0 bridgehead atoms. The van der Waals surface area contributed by atoms with Gasteiger partial charge in [0.05, 0.1) is 5.69 Å². The summed E-state index contributed by atoms with van der Waals surface area (Å²) in [6.45, 7) is 3.40. The molecule has 8 heteroatoms. The third kappa shape index (κ3) is 6.86. The van der Waals surface area contributed by atoms with Crippen LogP contribution >= 0.6 is 11.6 Å². The van der Waals surface area contributed by atoms with Crippen molar-refractivity contribution in [2.45, 2.75) is 32.0 Å². The number of anilines is 1. The van der Waals surface area contributed by atoms with Crippen molar-refractivity contribution in [3.05, 3.63) is 53.3 Å². The fourth-order valence-corrected chi connectivity index (χ4v) is 3.49. The van der Waals surface area contributed by atoms with E-state index in [9.17, 15) is 14.3 Å². The molecule has 0 aromatic heterocycles. The summed E-state index contributed by atoms with van der Waals surface area (Å²) in [4.78, 5) is 13.4. The monoisotopic (exact) mass is 436 g/mol. The SMILES string of the molecule is CC(=O)Nc1ccc(F)cc1OCC(O)CN1CCC(Oc2ccc(Cl)cc2)CC1. The molecule has 2 aromatic rings. The van der Waals surface area contributed by atoms with Crippen molar-refractivity contribution in [3.63, 3.8) is 0 Å². The number of aliphatic hydroxyl groups excluding tert-OH is 1. The summed E-state index contributed by atoms with van der Waals surface area (Å²) in [6.07, 6.45) is 1.09. The Morgan fingerprint density at radius 2 is 1.97 bits per heavy atom. The highest BCUT2D eigenvalue weighted by Gasteiger charge is 2.22. The zero-order chi connectivity index (χ0) is 21.5. The average molecular weight is 437 g/mol. The van der Waals surface area contributed by atoms with Crippen LogP contribution in [0.3, 0.4) is 0 Å². The van der Waals surface area contributed by atoms with Crippen LogP contribution in [-0.2, 0) is 4.79 Å². The lowest BCUT2D eigenvalue weighted by molar-refractivity contribution is -0.114. The maximum absolute atomic E-state index is 13.5. The summed E-state index contributed by atoms with van der Waals surface area (Å²) in [5.74, 6) is 0.239. The van der Waals surface area contributed by atoms with Crippen molar-refractivity contribution in [2.24, 2.45) is 0 Å². The van der Waals surface area contributed by atoms with Gasteiger partial charge in [0.25, 0.3) is 0 Å². The number of carbonyl (C=O) groups excluding carboxylic acids is 1. The number of hydrogen-bond acceptors (Lipinski definition) is 5. The normalized spacial score (nSPS) is 16.1. The molecule has 3 rings (SSSR count). The van der Waals surface area contributed by atoms with Gasteiger partial charge < -0.3 is 24.8 Å². The molecule has 1 aliphatic rings. The lowest BCUT2D eigenvalue weighted by Gasteiger charge is -2.33. The largest absolute Gasteiger partial charge is 0.490 e. The molecule has 1 aliphatic heterocycles. The molecule has 0 spiro atoms. The van der Waals surface area contributed by atoms with E-state index in [0.717, 1.165) is 31.7 Å². The van der Waals surface area contributed by atoms with Gasteiger partial charge in [0.2, 0.25) is 5.91 Å². The fraction of sp³-hybridized carbons (Fsp3) is 0.409. The van der Waals surface area contributed by atoms with Crippen molar-refractivity contribution < 1.29 is 23.8 Å². The van der Waals surface area contributed by atoms with Gasteiger partial charge >= 0.3 is 0 Å². The molecule has 1 heterocycles. The number of amides is 1. The number of nitrogens with zero attached hydrogens (tertiary/aromatic N) is 1. The summed E-state index contributed by atoms with van der Waals surface area (Å²) < 4.78 is 25.1. The van der Waals surface area contributed by atoms with Gasteiger partial charge in [-0.25, -0.2) is 4.39 Å². The van der Waals surface area contributed by atoms with Gasteiger partial charge in [0.15, 0.2) is 0 Å². The van der Waals surface area contributed by atoms with E-state index >= 15 is 0 Å². The van der Waals surface area contributed by atoms with Gasteiger partial charge in [-0.3, -0.25) is 4.79 Å². The van der Waals surface area contributed by atoms with E-state index in [1.54, 1.807) is 12.1 Å². The van der Waals surface area contributed by atoms with E-state index in [0.29, 0.717) is 17.3 Å². The van der Waals surface area contributed by atoms with Crippen LogP contribution in [0.25, 0.3) is 0 Å². The Kier molecular flexibility index (Phi) is 7.90. The van der Waals surface area contributed by atoms with Crippen LogP contribution in [0.5, 0.6) is 11.5 Å². The minimum atomic E-state index is -0.743. The Hall–Kier alpha value is -2.35. The number of aliphatic hydroxyl groups is 1. The highest BCUT2D eigenvalue weighted by Crippen LogP contribution is 2.26. The highest BCUT2D eigenvalue weighted by molar-refractivity contribution is 6.30. The molecule has 1 atom stereocenters. The molecule has 6 nitrogen and oxygen atoms in total. The van der Waals surface area contributed by atoms with E-state index < -0.39 is 11.9 Å². The van der Waals surface area contributed by atoms with Gasteiger partial charge in [-0.1, -0.05) is 11.6 Å². The summed E-state index contributed by atoms with van der Waals surface area (Å²) in [5.41, 5.74) is 0.372. The minimum absolute atomic E-state index is 0.00274. The molecule has 1 saturated heterocycles. The van der Waals surface area contributed by atoms with Gasteiger partial charge in [0, 0.05) is 37.6 Å². The molecule has 0 aliphatic carbocycles. The van der Waals surface area contributed by atoms with Crippen LogP contribution < -0.4 is 14.8 Å². The van der Waals surface area contributed by atoms with E-state index in [1.165, 1.54) is 25.1 Å². The van der Waals surface area contributed by atoms with Gasteiger partial charge in [-0.2, -0.15) is 0 Å². The third-order valence-corrected chi connectivity index (χ3v) is 5.06. The number of β-amino-alcohol motifs (C(OH)–C–C–N with tert-alkyl or cyclic N) is 1. The standard InChI is InChI=1S/C22H26ClFN2O4/c1-15(27)25-21-7-4-17(24)12-22(21)29-14-18(28)13-26-10-8-20(9-11-26)30-19-5-2-16(23)3-6-19/h2-7,12,18,20,28H,8-11,13-14H2,1H3,(H,25,27). The third-order valence-electron chi connectivity index (χ3n) is 4.81. The smallest absolute Gasteiger partial charge is 0.221 e. The van der Waals surface area contributed by atoms with Crippen molar-refractivity contribution in [1.29, 1.82) is 0 Å².